The van der Waals surface area contributed by atoms with Gasteiger partial charge in [-0.05, 0) is 19.1 Å². The van der Waals surface area contributed by atoms with Gasteiger partial charge in [0.1, 0.15) is 17.8 Å². The third-order valence-corrected chi connectivity index (χ3v) is 3.17. The standard InChI is InChI=1S/C14H16N4O3/c1-2-21-14(20)12-9-16-5-6-18(12)13(19)11-4-3-10(7-15)8-17-11/h3-4,8,12,16H,2,5-6,9H2,1H3. The molecule has 1 saturated heterocycles. The van der Waals surface area contributed by atoms with Crippen molar-refractivity contribution < 1.29 is 14.3 Å². The number of hydrogen-bond donors (Lipinski definition) is 1. The second-order valence-electron chi connectivity index (χ2n) is 4.51. The highest BCUT2D eigenvalue weighted by Gasteiger charge is 2.34. The summed E-state index contributed by atoms with van der Waals surface area (Å²) < 4.78 is 5.00. The molecule has 0 spiro atoms. The summed E-state index contributed by atoms with van der Waals surface area (Å²) >= 11 is 0. The molecule has 110 valence electrons. The maximum Gasteiger partial charge on any atom is 0.330 e. The Hall–Kier alpha value is -2.46. The van der Waals surface area contributed by atoms with Crippen molar-refractivity contribution in [3.05, 3.63) is 29.6 Å². The van der Waals surface area contributed by atoms with E-state index < -0.39 is 12.0 Å². The van der Waals surface area contributed by atoms with Gasteiger partial charge < -0.3 is 15.0 Å². The van der Waals surface area contributed by atoms with E-state index in [0.29, 0.717) is 25.2 Å². The molecule has 2 heterocycles. The maximum atomic E-state index is 12.5. The van der Waals surface area contributed by atoms with Gasteiger partial charge in [0.05, 0.1) is 12.2 Å². The number of amides is 1. The highest BCUT2D eigenvalue weighted by atomic mass is 16.5. The highest BCUT2D eigenvalue weighted by Crippen LogP contribution is 2.11. The van der Waals surface area contributed by atoms with Gasteiger partial charge in [-0.1, -0.05) is 0 Å². The summed E-state index contributed by atoms with van der Waals surface area (Å²) in [5, 5.41) is 11.8. The fourth-order valence-corrected chi connectivity index (χ4v) is 2.13. The number of rotatable bonds is 3. The van der Waals surface area contributed by atoms with E-state index in [9.17, 15) is 9.59 Å². The number of pyridine rings is 1. The van der Waals surface area contributed by atoms with Gasteiger partial charge in [0, 0.05) is 25.8 Å². The minimum Gasteiger partial charge on any atom is -0.464 e. The van der Waals surface area contributed by atoms with E-state index in [0.717, 1.165) is 0 Å². The highest BCUT2D eigenvalue weighted by molar-refractivity contribution is 5.95. The van der Waals surface area contributed by atoms with Crippen molar-refractivity contribution in [1.82, 2.24) is 15.2 Å². The number of carbonyl (C=O) groups is 2. The first-order chi connectivity index (χ1) is 10.2. The molecule has 0 saturated carbocycles. The molecule has 0 bridgehead atoms. The summed E-state index contributed by atoms with van der Waals surface area (Å²) in [7, 11) is 0. The number of nitrogens with one attached hydrogen (secondary N) is 1. The van der Waals surface area contributed by atoms with Crippen LogP contribution in [-0.2, 0) is 9.53 Å². The van der Waals surface area contributed by atoms with Crippen molar-refractivity contribution in [2.75, 3.05) is 26.2 Å². The number of nitrogens with zero attached hydrogens (tertiary/aromatic N) is 3. The molecule has 21 heavy (non-hydrogen) atoms. The van der Waals surface area contributed by atoms with Crippen molar-refractivity contribution in [3.63, 3.8) is 0 Å². The fourth-order valence-electron chi connectivity index (χ4n) is 2.13. The number of nitriles is 1. The predicted octanol–water partition coefficient (Wildman–Crippen LogP) is -0.0696. The van der Waals surface area contributed by atoms with E-state index in [-0.39, 0.29) is 18.2 Å². The van der Waals surface area contributed by atoms with Crippen LogP contribution in [0.5, 0.6) is 0 Å². The smallest absolute Gasteiger partial charge is 0.330 e. The topological polar surface area (TPSA) is 95.3 Å². The summed E-state index contributed by atoms with van der Waals surface area (Å²) in [4.78, 5) is 29.8. The fraction of sp³-hybridized carbons (Fsp3) is 0.429. The van der Waals surface area contributed by atoms with Crippen LogP contribution in [0.1, 0.15) is 23.0 Å². The lowest BCUT2D eigenvalue weighted by Crippen LogP contribution is -2.57. The van der Waals surface area contributed by atoms with Crippen LogP contribution in [0.25, 0.3) is 0 Å². The number of carbonyl (C=O) groups excluding carboxylic acids is 2. The van der Waals surface area contributed by atoms with Gasteiger partial charge in [-0.25, -0.2) is 9.78 Å². The molecular weight excluding hydrogens is 272 g/mol. The summed E-state index contributed by atoms with van der Waals surface area (Å²) in [6.07, 6.45) is 1.34. The van der Waals surface area contributed by atoms with Gasteiger partial charge in [0.15, 0.2) is 0 Å². The van der Waals surface area contributed by atoms with Crippen molar-refractivity contribution in [2.45, 2.75) is 13.0 Å². The first-order valence-corrected chi connectivity index (χ1v) is 6.71. The van der Waals surface area contributed by atoms with E-state index in [1.165, 1.54) is 23.2 Å². The van der Waals surface area contributed by atoms with Crippen LogP contribution in [0.3, 0.4) is 0 Å². The molecule has 1 unspecified atom stereocenters. The number of ether oxygens (including phenoxy) is 1. The van der Waals surface area contributed by atoms with Crippen molar-refractivity contribution in [3.8, 4) is 6.07 Å². The predicted molar refractivity (Wildman–Crippen MR) is 73.3 cm³/mol. The lowest BCUT2D eigenvalue weighted by atomic mass is 10.1. The lowest BCUT2D eigenvalue weighted by molar-refractivity contribution is -0.149. The minimum atomic E-state index is -0.649. The maximum absolute atomic E-state index is 12.5. The summed E-state index contributed by atoms with van der Waals surface area (Å²) in [6.45, 7) is 3.37. The normalized spacial score (nSPS) is 17.9. The molecule has 0 aliphatic carbocycles. The van der Waals surface area contributed by atoms with E-state index in [1.807, 2.05) is 6.07 Å². The Bertz CT molecular complexity index is 565. The first-order valence-electron chi connectivity index (χ1n) is 6.71. The van der Waals surface area contributed by atoms with Gasteiger partial charge in [-0.15, -0.1) is 0 Å². The van der Waals surface area contributed by atoms with Crippen LogP contribution < -0.4 is 5.32 Å². The van der Waals surface area contributed by atoms with Gasteiger partial charge in [0.2, 0.25) is 0 Å². The summed E-state index contributed by atoms with van der Waals surface area (Å²) in [5.41, 5.74) is 0.596. The summed E-state index contributed by atoms with van der Waals surface area (Å²) in [5.74, 6) is -0.759. The van der Waals surface area contributed by atoms with Gasteiger partial charge >= 0.3 is 5.97 Å². The monoisotopic (exact) mass is 288 g/mol. The lowest BCUT2D eigenvalue weighted by Gasteiger charge is -2.34. The van der Waals surface area contributed by atoms with Crippen molar-refractivity contribution in [1.29, 1.82) is 5.26 Å². The Morgan fingerprint density at radius 1 is 1.57 bits per heavy atom. The SMILES string of the molecule is CCOC(=O)C1CNCCN1C(=O)c1ccc(C#N)cn1. The first kappa shape index (κ1) is 14.9. The second-order valence-corrected chi connectivity index (χ2v) is 4.51. The average Bonchev–Trinajstić information content (AvgIpc) is 2.54. The Kier molecular flexibility index (Phi) is 4.85. The molecule has 7 heteroatoms. The Morgan fingerprint density at radius 2 is 2.38 bits per heavy atom. The Morgan fingerprint density at radius 3 is 3.00 bits per heavy atom. The molecule has 1 aliphatic heterocycles. The molecule has 1 aliphatic rings. The zero-order valence-electron chi connectivity index (χ0n) is 11.7. The van der Waals surface area contributed by atoms with Crippen LogP contribution in [0.4, 0.5) is 0 Å². The Labute approximate surface area is 122 Å². The number of aromatic nitrogens is 1. The van der Waals surface area contributed by atoms with E-state index in [2.05, 4.69) is 10.3 Å². The molecule has 7 nitrogen and oxygen atoms in total. The molecule has 1 fully saturated rings. The van der Waals surface area contributed by atoms with Crippen LogP contribution in [-0.4, -0.2) is 54.0 Å². The van der Waals surface area contributed by atoms with Crippen molar-refractivity contribution in [2.24, 2.45) is 0 Å². The zero-order valence-corrected chi connectivity index (χ0v) is 11.7. The van der Waals surface area contributed by atoms with E-state index in [4.69, 9.17) is 10.00 Å². The van der Waals surface area contributed by atoms with Gasteiger partial charge in [-0.2, -0.15) is 5.26 Å². The second kappa shape index (κ2) is 6.81. The zero-order chi connectivity index (χ0) is 15.2. The molecule has 1 atom stereocenters. The van der Waals surface area contributed by atoms with Crippen LogP contribution in [0.2, 0.25) is 0 Å². The largest absolute Gasteiger partial charge is 0.464 e. The quantitative estimate of drug-likeness (QED) is 0.782. The van der Waals surface area contributed by atoms with Crippen LogP contribution in [0, 0.1) is 11.3 Å². The van der Waals surface area contributed by atoms with Gasteiger partial charge in [-0.3, -0.25) is 4.79 Å². The average molecular weight is 288 g/mol. The molecule has 1 amide bonds. The summed E-state index contributed by atoms with van der Waals surface area (Å²) in [6, 6.07) is 4.32. The van der Waals surface area contributed by atoms with E-state index >= 15 is 0 Å². The molecule has 0 aromatic carbocycles. The number of hydrogen-bond acceptors (Lipinski definition) is 6. The number of piperazine rings is 1. The van der Waals surface area contributed by atoms with Gasteiger partial charge in [0.25, 0.3) is 5.91 Å². The minimum absolute atomic E-state index is 0.213. The molecule has 1 aromatic heterocycles. The third-order valence-electron chi connectivity index (χ3n) is 3.17. The molecule has 0 radical (unpaired) electrons. The molecule has 1 aromatic rings. The van der Waals surface area contributed by atoms with Crippen LogP contribution >= 0.6 is 0 Å². The molecular formula is C14H16N4O3. The third kappa shape index (κ3) is 3.35. The molecule has 2 rings (SSSR count). The van der Waals surface area contributed by atoms with Crippen LogP contribution in [0.15, 0.2) is 18.3 Å². The molecule has 1 N–H and O–H groups in total. The number of esters is 1. The van der Waals surface area contributed by atoms with Crippen molar-refractivity contribution >= 4 is 11.9 Å². The van der Waals surface area contributed by atoms with E-state index in [1.54, 1.807) is 6.92 Å². The Balaban J connectivity index is 2.18.